The highest BCUT2D eigenvalue weighted by molar-refractivity contribution is 6.21. The summed E-state index contributed by atoms with van der Waals surface area (Å²) in [5.41, 5.74) is 2.26. The third-order valence-electron chi connectivity index (χ3n) is 7.19. The molecule has 1 aliphatic carbocycles. The van der Waals surface area contributed by atoms with Crippen LogP contribution in [0.25, 0.3) is 5.69 Å². The molecular weight excluding hydrogens is 414 g/mol. The number of alkyl halides is 1. The molecule has 7 heteroatoms. The first-order valence-electron chi connectivity index (χ1n) is 11.7. The van der Waals surface area contributed by atoms with Crippen LogP contribution in [0.4, 0.5) is 0 Å². The van der Waals surface area contributed by atoms with Gasteiger partial charge in [-0.1, -0.05) is 31.5 Å². The number of aromatic nitrogens is 3. The minimum Gasteiger partial charge on any atom is -0.375 e. The van der Waals surface area contributed by atoms with E-state index in [1.807, 2.05) is 0 Å². The molecule has 1 unspecified atom stereocenters. The van der Waals surface area contributed by atoms with Gasteiger partial charge in [0.25, 0.3) is 0 Å². The topological polar surface area (TPSA) is 58.4 Å². The number of hydrogen-bond acceptors (Lipinski definition) is 5. The molecule has 0 radical (unpaired) electrons. The molecule has 1 spiro atoms. The fourth-order valence-corrected chi connectivity index (χ4v) is 6.11. The Morgan fingerprint density at radius 3 is 2.52 bits per heavy atom. The maximum atomic E-state index is 6.99. The van der Waals surface area contributed by atoms with E-state index in [1.165, 1.54) is 0 Å². The molecule has 1 aromatic carbocycles. The second-order valence-electron chi connectivity index (χ2n) is 9.07. The average Bonchev–Trinajstić information content (AvgIpc) is 3.41. The molecule has 6 nitrogen and oxygen atoms in total. The van der Waals surface area contributed by atoms with E-state index in [2.05, 4.69) is 52.9 Å². The van der Waals surface area contributed by atoms with Gasteiger partial charge in [0.2, 0.25) is 0 Å². The average molecular weight is 446 g/mol. The van der Waals surface area contributed by atoms with Crippen molar-refractivity contribution in [3.8, 4) is 5.69 Å². The van der Waals surface area contributed by atoms with Gasteiger partial charge in [-0.25, -0.2) is 0 Å². The molecule has 1 saturated heterocycles. The van der Waals surface area contributed by atoms with E-state index in [9.17, 15) is 0 Å². The number of halogens is 1. The number of benzene rings is 1. The van der Waals surface area contributed by atoms with Gasteiger partial charge in [-0.3, -0.25) is 4.57 Å². The molecule has 1 aromatic heterocycles. The Bertz CT molecular complexity index is 909. The van der Waals surface area contributed by atoms with Crippen LogP contribution in [0.3, 0.4) is 0 Å². The number of nitrogens with zero attached hydrogens (tertiary/aromatic N) is 3. The predicted octanol–water partition coefficient (Wildman–Crippen LogP) is 5.08. The number of hydrogen-bond donors (Lipinski definition) is 0. The maximum absolute atomic E-state index is 6.99. The molecule has 3 aliphatic rings. The molecule has 1 atom stereocenters. The Hall–Kier alpha value is -1.47. The number of ether oxygens (including phenoxy) is 3. The van der Waals surface area contributed by atoms with E-state index >= 15 is 0 Å². The molecule has 3 heterocycles. The molecular formula is C24H32ClN3O3. The predicted molar refractivity (Wildman–Crippen MR) is 119 cm³/mol. The molecule has 2 aromatic rings. The van der Waals surface area contributed by atoms with E-state index in [1.54, 1.807) is 0 Å². The van der Waals surface area contributed by atoms with Crippen molar-refractivity contribution in [1.29, 1.82) is 0 Å². The van der Waals surface area contributed by atoms with Gasteiger partial charge in [0, 0.05) is 18.9 Å². The van der Waals surface area contributed by atoms with Crippen LogP contribution in [-0.2, 0) is 20.6 Å². The minimum absolute atomic E-state index is 0.0180. The summed E-state index contributed by atoms with van der Waals surface area (Å²) in [5.74, 6) is 1.18. The van der Waals surface area contributed by atoms with Gasteiger partial charge < -0.3 is 14.2 Å². The molecule has 0 N–H and O–H groups in total. The maximum Gasteiger partial charge on any atom is 0.196 e. The molecule has 5 rings (SSSR count). The summed E-state index contributed by atoms with van der Waals surface area (Å²) in [4.78, 5) is 0. The lowest BCUT2D eigenvalue weighted by atomic mass is 9.76. The lowest BCUT2D eigenvalue weighted by molar-refractivity contribution is -0.159. The Kier molecular flexibility index (Phi) is 5.84. The van der Waals surface area contributed by atoms with Crippen LogP contribution in [0.15, 0.2) is 24.3 Å². The first kappa shape index (κ1) is 21.4. The summed E-state index contributed by atoms with van der Waals surface area (Å²) in [7, 11) is 0. The van der Waals surface area contributed by atoms with E-state index in [4.69, 9.17) is 25.8 Å². The minimum atomic E-state index is -0.881. The summed E-state index contributed by atoms with van der Waals surface area (Å²) in [5, 5.41) is 8.75. The summed E-state index contributed by atoms with van der Waals surface area (Å²) >= 11 is 6.99. The zero-order valence-electron chi connectivity index (χ0n) is 18.5. The van der Waals surface area contributed by atoms with E-state index < -0.39 is 11.2 Å². The fourth-order valence-electron chi connectivity index (χ4n) is 5.76. The van der Waals surface area contributed by atoms with Crippen molar-refractivity contribution in [3.05, 3.63) is 41.5 Å². The highest BCUT2D eigenvalue weighted by atomic mass is 35.5. The normalized spacial score (nSPS) is 29.5. The Labute approximate surface area is 189 Å². The quantitative estimate of drug-likeness (QED) is 0.600. The van der Waals surface area contributed by atoms with Crippen molar-refractivity contribution in [2.24, 2.45) is 0 Å². The lowest BCUT2D eigenvalue weighted by Gasteiger charge is -2.39. The molecule has 1 saturated carbocycles. The molecule has 0 amide bonds. The molecule has 168 valence electrons. The monoisotopic (exact) mass is 445 g/mol. The zero-order valence-corrected chi connectivity index (χ0v) is 19.2. The lowest BCUT2D eigenvalue weighted by Crippen LogP contribution is -2.37. The van der Waals surface area contributed by atoms with Crippen LogP contribution in [0.2, 0.25) is 0 Å². The summed E-state index contributed by atoms with van der Waals surface area (Å²) in [6, 6.07) is 8.38. The van der Waals surface area contributed by atoms with E-state index in [0.717, 1.165) is 68.0 Å². The third-order valence-corrected chi connectivity index (χ3v) is 7.72. The highest BCUT2D eigenvalue weighted by Gasteiger charge is 2.50. The smallest absolute Gasteiger partial charge is 0.196 e. The number of para-hydroxylation sites is 1. The van der Waals surface area contributed by atoms with Gasteiger partial charge >= 0.3 is 0 Å². The van der Waals surface area contributed by atoms with Gasteiger partial charge in [0.15, 0.2) is 11.6 Å². The van der Waals surface area contributed by atoms with Gasteiger partial charge in [-0.2, -0.15) is 0 Å². The fraction of sp³-hybridized carbons (Fsp3) is 0.667. The first-order chi connectivity index (χ1) is 15.1. The second kappa shape index (κ2) is 8.47. The van der Waals surface area contributed by atoms with Crippen LogP contribution in [0.1, 0.15) is 80.9 Å². The number of rotatable bonds is 5. The van der Waals surface area contributed by atoms with E-state index in [0.29, 0.717) is 25.6 Å². The van der Waals surface area contributed by atoms with Crippen LogP contribution >= 0.6 is 11.6 Å². The molecule has 2 aliphatic heterocycles. The van der Waals surface area contributed by atoms with Crippen molar-refractivity contribution in [1.82, 2.24) is 14.8 Å². The van der Waals surface area contributed by atoms with Gasteiger partial charge in [-0.15, -0.1) is 21.8 Å². The second-order valence-corrected chi connectivity index (χ2v) is 9.51. The summed E-state index contributed by atoms with van der Waals surface area (Å²) in [6.07, 6.45) is 7.09. The number of fused-ring (bicyclic) bond motifs is 3. The van der Waals surface area contributed by atoms with Crippen LogP contribution in [0, 0.1) is 0 Å². The van der Waals surface area contributed by atoms with Crippen LogP contribution in [0.5, 0.6) is 0 Å². The van der Waals surface area contributed by atoms with Gasteiger partial charge in [-0.05, 0) is 50.7 Å². The van der Waals surface area contributed by atoms with Gasteiger partial charge in [0.05, 0.1) is 24.5 Å². The van der Waals surface area contributed by atoms with Crippen molar-refractivity contribution in [3.63, 3.8) is 0 Å². The summed E-state index contributed by atoms with van der Waals surface area (Å²) < 4.78 is 20.6. The SMILES string of the molecule is CCCC1(OCC)CCC(c2nnc3n2-c2ccccc2CC2(OCCO2)C3Cl)CC1. The Morgan fingerprint density at radius 2 is 1.81 bits per heavy atom. The van der Waals surface area contributed by atoms with Gasteiger partial charge in [0.1, 0.15) is 11.2 Å². The van der Waals surface area contributed by atoms with Crippen LogP contribution in [-0.4, -0.2) is 46.0 Å². The Balaban J connectivity index is 1.51. The third kappa shape index (κ3) is 3.62. The molecule has 0 bridgehead atoms. The van der Waals surface area contributed by atoms with Crippen molar-refractivity contribution >= 4 is 11.6 Å². The first-order valence-corrected chi connectivity index (χ1v) is 12.1. The van der Waals surface area contributed by atoms with Crippen molar-refractivity contribution in [2.75, 3.05) is 19.8 Å². The standard InChI is InChI=1S/C24H32ClN3O3/c1-3-11-23(29-4-2)12-9-17(10-13-23)21-26-27-22-20(25)24(30-14-15-31-24)16-18-7-5-6-8-19(18)28(21)22/h5-8,17,20H,3-4,9-16H2,1-2H3. The molecule has 2 fully saturated rings. The molecule has 31 heavy (non-hydrogen) atoms. The van der Waals surface area contributed by atoms with Crippen molar-refractivity contribution < 1.29 is 14.2 Å². The zero-order chi connectivity index (χ0) is 21.5. The largest absolute Gasteiger partial charge is 0.375 e. The Morgan fingerprint density at radius 1 is 1.10 bits per heavy atom. The van der Waals surface area contributed by atoms with E-state index in [-0.39, 0.29) is 5.60 Å². The van der Waals surface area contributed by atoms with Crippen LogP contribution < -0.4 is 0 Å². The highest BCUT2D eigenvalue weighted by Crippen LogP contribution is 2.47. The summed E-state index contributed by atoms with van der Waals surface area (Å²) in [6.45, 7) is 6.21. The van der Waals surface area contributed by atoms with Crippen molar-refractivity contribution in [2.45, 2.75) is 81.5 Å².